The van der Waals surface area contributed by atoms with Gasteiger partial charge < -0.3 is 14.8 Å². The molecule has 0 atom stereocenters. The molecule has 1 aliphatic heterocycles. The van der Waals surface area contributed by atoms with Crippen molar-refractivity contribution in [3.05, 3.63) is 30.5 Å². The van der Waals surface area contributed by atoms with Gasteiger partial charge in [0.25, 0.3) is 0 Å². The van der Waals surface area contributed by atoms with E-state index < -0.39 is 0 Å². The van der Waals surface area contributed by atoms with Crippen molar-refractivity contribution in [2.75, 3.05) is 52.6 Å². The molecule has 2 fully saturated rings. The molecule has 2 amide bonds. The van der Waals surface area contributed by atoms with Gasteiger partial charge in [0.1, 0.15) is 0 Å². The highest BCUT2D eigenvalue weighted by Gasteiger charge is 2.31. The number of piperazine rings is 1. The Kier molecular flexibility index (Phi) is 6.11. The fourth-order valence-electron chi connectivity index (χ4n) is 4.18. The Labute approximate surface area is 197 Å². The standard InChI is InChI=1S/C23H29N7O2S/c1-27(2)20(31)14-28-9-11-29(12-10-28)21(32)15-33-23-26-25-22(30(23)16-7-8-16)18-13-24-19-6-4-3-5-17(18)19/h3-6,13,16,24H,7-12,14-15H2,1-2H3. The fourth-order valence-corrected chi connectivity index (χ4v) is 5.09. The predicted molar refractivity (Wildman–Crippen MR) is 128 cm³/mol. The van der Waals surface area contributed by atoms with Gasteiger partial charge in [-0.1, -0.05) is 30.0 Å². The molecule has 2 aliphatic rings. The summed E-state index contributed by atoms with van der Waals surface area (Å²) in [4.78, 5) is 33.7. The number of fused-ring (bicyclic) bond motifs is 1. The first kappa shape index (κ1) is 22.0. The van der Waals surface area contributed by atoms with E-state index in [9.17, 15) is 9.59 Å². The summed E-state index contributed by atoms with van der Waals surface area (Å²) in [6.45, 7) is 3.15. The second kappa shape index (κ2) is 9.18. The molecule has 1 aromatic carbocycles. The molecular formula is C23H29N7O2S. The maximum atomic E-state index is 12.9. The summed E-state index contributed by atoms with van der Waals surface area (Å²) in [6.07, 6.45) is 4.22. The Morgan fingerprint density at radius 3 is 2.61 bits per heavy atom. The summed E-state index contributed by atoms with van der Waals surface area (Å²) in [5.41, 5.74) is 2.13. The number of carbonyl (C=O) groups is 2. The largest absolute Gasteiger partial charge is 0.360 e. The lowest BCUT2D eigenvalue weighted by atomic mass is 10.1. The quantitative estimate of drug-likeness (QED) is 0.535. The molecule has 10 heteroatoms. The molecule has 33 heavy (non-hydrogen) atoms. The van der Waals surface area contributed by atoms with E-state index in [0.29, 0.717) is 31.4 Å². The molecule has 0 bridgehead atoms. The minimum absolute atomic E-state index is 0.0933. The molecule has 2 aromatic heterocycles. The number of aromatic nitrogens is 4. The van der Waals surface area contributed by atoms with Crippen LogP contribution in [0.25, 0.3) is 22.3 Å². The van der Waals surface area contributed by atoms with Crippen molar-refractivity contribution in [1.82, 2.24) is 34.4 Å². The average molecular weight is 468 g/mol. The van der Waals surface area contributed by atoms with Crippen molar-refractivity contribution in [2.45, 2.75) is 24.0 Å². The Hall–Kier alpha value is -2.85. The third-order valence-corrected chi connectivity index (χ3v) is 7.24. The number of carbonyl (C=O) groups excluding carboxylic acids is 2. The smallest absolute Gasteiger partial charge is 0.236 e. The van der Waals surface area contributed by atoms with Gasteiger partial charge in [0.2, 0.25) is 11.8 Å². The van der Waals surface area contributed by atoms with Gasteiger partial charge in [-0.3, -0.25) is 19.1 Å². The number of para-hydroxylation sites is 1. The highest BCUT2D eigenvalue weighted by atomic mass is 32.2. The normalized spacial score (nSPS) is 17.0. The topological polar surface area (TPSA) is 90.4 Å². The van der Waals surface area contributed by atoms with Crippen LogP contribution >= 0.6 is 11.8 Å². The van der Waals surface area contributed by atoms with Gasteiger partial charge in [0.05, 0.1) is 12.3 Å². The van der Waals surface area contributed by atoms with Crippen LogP contribution in [0.1, 0.15) is 18.9 Å². The first-order valence-corrected chi connectivity index (χ1v) is 12.3. The number of hydrogen-bond acceptors (Lipinski definition) is 6. The minimum atomic E-state index is 0.0933. The summed E-state index contributed by atoms with van der Waals surface area (Å²) >= 11 is 1.47. The molecule has 5 rings (SSSR count). The summed E-state index contributed by atoms with van der Waals surface area (Å²) < 4.78 is 2.21. The van der Waals surface area contributed by atoms with Crippen LogP contribution in [0.4, 0.5) is 0 Å². The van der Waals surface area contributed by atoms with Crippen molar-refractivity contribution in [3.63, 3.8) is 0 Å². The van der Waals surface area contributed by atoms with Crippen LogP contribution in [0.2, 0.25) is 0 Å². The molecule has 9 nitrogen and oxygen atoms in total. The highest BCUT2D eigenvalue weighted by Crippen LogP contribution is 2.42. The van der Waals surface area contributed by atoms with E-state index in [4.69, 9.17) is 0 Å². The molecule has 0 spiro atoms. The van der Waals surface area contributed by atoms with Crippen LogP contribution in [-0.2, 0) is 9.59 Å². The zero-order valence-electron chi connectivity index (χ0n) is 19.0. The van der Waals surface area contributed by atoms with E-state index >= 15 is 0 Å². The average Bonchev–Trinajstić information content (AvgIpc) is 3.43. The van der Waals surface area contributed by atoms with Crippen LogP contribution in [0, 0.1) is 0 Å². The molecule has 1 saturated heterocycles. The van der Waals surface area contributed by atoms with Gasteiger partial charge in [-0.15, -0.1) is 10.2 Å². The Balaban J connectivity index is 1.23. The third-order valence-electron chi connectivity index (χ3n) is 6.31. The van der Waals surface area contributed by atoms with Gasteiger partial charge in [0, 0.05) is 69.0 Å². The number of aromatic amines is 1. The lowest BCUT2D eigenvalue weighted by Crippen LogP contribution is -2.51. The maximum absolute atomic E-state index is 12.9. The van der Waals surface area contributed by atoms with Gasteiger partial charge in [-0.25, -0.2) is 0 Å². The summed E-state index contributed by atoms with van der Waals surface area (Å²) in [6, 6.07) is 8.60. The van der Waals surface area contributed by atoms with E-state index in [0.717, 1.165) is 53.4 Å². The predicted octanol–water partition coefficient (Wildman–Crippen LogP) is 2.09. The molecule has 0 unspecified atom stereocenters. The molecule has 3 aromatic rings. The molecule has 1 aliphatic carbocycles. The van der Waals surface area contributed by atoms with E-state index in [1.165, 1.54) is 11.8 Å². The van der Waals surface area contributed by atoms with Crippen molar-refractivity contribution in [2.24, 2.45) is 0 Å². The SMILES string of the molecule is CN(C)C(=O)CN1CCN(C(=O)CSc2nnc(-c3c[nH]c4ccccc34)n2C2CC2)CC1. The minimum Gasteiger partial charge on any atom is -0.360 e. The van der Waals surface area contributed by atoms with Crippen molar-refractivity contribution in [3.8, 4) is 11.4 Å². The summed E-state index contributed by atoms with van der Waals surface area (Å²) in [7, 11) is 3.54. The maximum Gasteiger partial charge on any atom is 0.236 e. The molecule has 174 valence electrons. The van der Waals surface area contributed by atoms with Crippen LogP contribution in [0.5, 0.6) is 0 Å². The van der Waals surface area contributed by atoms with Crippen molar-refractivity contribution < 1.29 is 9.59 Å². The number of thioether (sulfide) groups is 1. The van der Waals surface area contributed by atoms with Gasteiger partial charge in [-0.05, 0) is 18.9 Å². The summed E-state index contributed by atoms with van der Waals surface area (Å²) in [5, 5.41) is 10.9. The van der Waals surface area contributed by atoms with Gasteiger partial charge >= 0.3 is 0 Å². The van der Waals surface area contributed by atoms with Crippen LogP contribution in [0.3, 0.4) is 0 Å². The zero-order valence-corrected chi connectivity index (χ0v) is 19.8. The van der Waals surface area contributed by atoms with Crippen molar-refractivity contribution >= 4 is 34.5 Å². The van der Waals surface area contributed by atoms with E-state index in [1.54, 1.807) is 19.0 Å². The highest BCUT2D eigenvalue weighted by molar-refractivity contribution is 7.99. The Morgan fingerprint density at radius 2 is 1.88 bits per heavy atom. The number of benzene rings is 1. The van der Waals surface area contributed by atoms with Crippen molar-refractivity contribution in [1.29, 1.82) is 0 Å². The molecule has 3 heterocycles. The molecule has 0 radical (unpaired) electrons. The van der Waals surface area contributed by atoms with E-state index in [2.05, 4.69) is 36.8 Å². The Bertz CT molecular complexity index is 1160. The number of H-pyrrole nitrogens is 1. The lowest BCUT2D eigenvalue weighted by molar-refractivity contribution is -0.132. The van der Waals surface area contributed by atoms with E-state index in [1.807, 2.05) is 23.2 Å². The molecular weight excluding hydrogens is 438 g/mol. The Morgan fingerprint density at radius 1 is 1.12 bits per heavy atom. The number of amides is 2. The first-order chi connectivity index (χ1) is 16.0. The monoisotopic (exact) mass is 467 g/mol. The van der Waals surface area contributed by atoms with Gasteiger partial charge in [-0.2, -0.15) is 0 Å². The number of nitrogens with one attached hydrogen (secondary N) is 1. The number of nitrogens with zero attached hydrogens (tertiary/aromatic N) is 6. The van der Waals surface area contributed by atoms with E-state index in [-0.39, 0.29) is 11.8 Å². The van der Waals surface area contributed by atoms with Crippen LogP contribution in [0.15, 0.2) is 35.6 Å². The zero-order chi connectivity index (χ0) is 22.9. The molecule has 1 saturated carbocycles. The van der Waals surface area contributed by atoms with Crippen LogP contribution < -0.4 is 0 Å². The second-order valence-corrected chi connectivity index (χ2v) is 9.83. The number of likely N-dealkylation sites (N-methyl/N-ethyl adjacent to an activating group) is 1. The first-order valence-electron chi connectivity index (χ1n) is 11.4. The summed E-state index contributed by atoms with van der Waals surface area (Å²) in [5.74, 6) is 1.41. The lowest BCUT2D eigenvalue weighted by Gasteiger charge is -2.34. The third kappa shape index (κ3) is 4.63. The molecule has 1 N–H and O–H groups in total. The number of rotatable bonds is 7. The van der Waals surface area contributed by atoms with Gasteiger partial charge in [0.15, 0.2) is 11.0 Å². The number of hydrogen-bond donors (Lipinski definition) is 1. The second-order valence-electron chi connectivity index (χ2n) is 8.89. The van der Waals surface area contributed by atoms with Crippen LogP contribution in [-0.4, -0.2) is 98.8 Å². The fraction of sp³-hybridized carbons (Fsp3) is 0.478.